The first kappa shape index (κ1) is 13.0. The summed E-state index contributed by atoms with van der Waals surface area (Å²) < 4.78 is 6.02. The molecule has 0 aliphatic heterocycles. The van der Waals surface area contributed by atoms with Crippen LogP contribution in [-0.4, -0.2) is 9.97 Å². The second-order valence-corrected chi connectivity index (χ2v) is 5.78. The Hall–Kier alpha value is -2.68. The van der Waals surface area contributed by atoms with E-state index in [1.807, 2.05) is 36.5 Å². The molecule has 22 heavy (non-hydrogen) atoms. The van der Waals surface area contributed by atoms with Gasteiger partial charge in [0.2, 0.25) is 5.71 Å². The number of pyridine rings is 2. The third kappa shape index (κ3) is 1.98. The summed E-state index contributed by atoms with van der Waals surface area (Å²) in [6, 6.07) is 14.2. The Morgan fingerprint density at radius 2 is 1.86 bits per heavy atom. The first-order chi connectivity index (χ1) is 10.7. The van der Waals surface area contributed by atoms with Crippen LogP contribution in [0.15, 0.2) is 59.3 Å². The monoisotopic (exact) mass is 288 g/mol. The molecular formula is C19H16N2O. The van der Waals surface area contributed by atoms with Crippen molar-refractivity contribution in [2.45, 2.75) is 19.8 Å². The molecule has 0 aliphatic rings. The third-order valence-corrected chi connectivity index (χ3v) is 3.98. The van der Waals surface area contributed by atoms with Gasteiger partial charge in [0, 0.05) is 28.7 Å². The largest absolute Gasteiger partial charge is 0.437 e. The summed E-state index contributed by atoms with van der Waals surface area (Å²) in [5.74, 6) is 0.445. The number of furan rings is 1. The summed E-state index contributed by atoms with van der Waals surface area (Å²) in [5, 5.41) is 2.16. The molecule has 3 aromatic heterocycles. The fraction of sp³-hybridized carbons (Fsp3) is 0.158. The van der Waals surface area contributed by atoms with E-state index in [9.17, 15) is 0 Å². The normalized spacial score (nSPS) is 11.6. The summed E-state index contributed by atoms with van der Waals surface area (Å²) in [7, 11) is 0. The number of fused-ring (bicyclic) bond motifs is 3. The van der Waals surface area contributed by atoms with Gasteiger partial charge < -0.3 is 4.42 Å². The molecule has 3 nitrogen and oxygen atoms in total. The highest BCUT2D eigenvalue weighted by Crippen LogP contribution is 2.35. The van der Waals surface area contributed by atoms with E-state index in [4.69, 9.17) is 4.42 Å². The van der Waals surface area contributed by atoms with Gasteiger partial charge >= 0.3 is 0 Å². The van der Waals surface area contributed by atoms with Gasteiger partial charge in [0.1, 0.15) is 5.58 Å². The molecule has 0 spiro atoms. The highest BCUT2D eigenvalue weighted by Gasteiger charge is 2.14. The molecule has 1 aromatic carbocycles. The number of aromatic nitrogens is 2. The topological polar surface area (TPSA) is 38.9 Å². The average Bonchev–Trinajstić information content (AvgIpc) is 2.93. The molecule has 0 bridgehead atoms. The van der Waals surface area contributed by atoms with Crippen LogP contribution in [0, 0.1) is 0 Å². The lowest BCUT2D eigenvalue weighted by molar-refractivity contribution is 0.654. The maximum absolute atomic E-state index is 6.02. The van der Waals surface area contributed by atoms with E-state index < -0.39 is 0 Å². The van der Waals surface area contributed by atoms with Gasteiger partial charge in [-0.1, -0.05) is 32.0 Å². The first-order valence-electron chi connectivity index (χ1n) is 7.46. The fourth-order valence-corrected chi connectivity index (χ4v) is 2.74. The van der Waals surface area contributed by atoms with Crippen molar-refractivity contribution < 1.29 is 4.42 Å². The second kappa shape index (κ2) is 4.95. The van der Waals surface area contributed by atoms with E-state index in [-0.39, 0.29) is 0 Å². The van der Waals surface area contributed by atoms with Gasteiger partial charge in [-0.05, 0) is 35.7 Å². The Labute approximate surface area is 128 Å². The Bertz CT molecular complexity index is 955. The maximum Gasteiger partial charge on any atom is 0.227 e. The van der Waals surface area contributed by atoms with E-state index >= 15 is 0 Å². The van der Waals surface area contributed by atoms with Crippen LogP contribution in [0.3, 0.4) is 0 Å². The van der Waals surface area contributed by atoms with Crippen molar-refractivity contribution in [3.8, 4) is 11.3 Å². The number of hydrogen-bond donors (Lipinski definition) is 0. The number of hydrogen-bond acceptors (Lipinski definition) is 3. The molecule has 0 amide bonds. The molecule has 0 aliphatic carbocycles. The molecule has 0 N–H and O–H groups in total. The van der Waals surface area contributed by atoms with Crippen LogP contribution in [0.25, 0.3) is 33.3 Å². The molecule has 0 saturated carbocycles. The Balaban J connectivity index is 2.04. The van der Waals surface area contributed by atoms with Gasteiger partial charge in [-0.3, -0.25) is 4.98 Å². The lowest BCUT2D eigenvalue weighted by Gasteiger charge is -2.03. The molecule has 4 rings (SSSR count). The van der Waals surface area contributed by atoms with Crippen molar-refractivity contribution in [1.29, 1.82) is 0 Å². The first-order valence-corrected chi connectivity index (χ1v) is 7.46. The van der Waals surface area contributed by atoms with Crippen molar-refractivity contribution in [1.82, 2.24) is 9.97 Å². The minimum atomic E-state index is 0.445. The van der Waals surface area contributed by atoms with Gasteiger partial charge in [0.15, 0.2) is 0 Å². The molecule has 3 heteroatoms. The van der Waals surface area contributed by atoms with Crippen LogP contribution in [-0.2, 0) is 0 Å². The average molecular weight is 288 g/mol. The summed E-state index contributed by atoms with van der Waals surface area (Å²) in [4.78, 5) is 8.92. The summed E-state index contributed by atoms with van der Waals surface area (Å²) >= 11 is 0. The SMILES string of the molecule is CC(C)c1cnc2oc3c(-c4ccccn4)cccc3c2c1. The van der Waals surface area contributed by atoms with Gasteiger partial charge in [-0.25, -0.2) is 4.98 Å². The van der Waals surface area contributed by atoms with Crippen molar-refractivity contribution >= 4 is 22.1 Å². The van der Waals surface area contributed by atoms with Gasteiger partial charge in [-0.15, -0.1) is 0 Å². The minimum Gasteiger partial charge on any atom is -0.437 e. The fourth-order valence-electron chi connectivity index (χ4n) is 2.74. The predicted molar refractivity (Wildman–Crippen MR) is 88.8 cm³/mol. The molecule has 3 heterocycles. The second-order valence-electron chi connectivity index (χ2n) is 5.78. The van der Waals surface area contributed by atoms with E-state index in [0.29, 0.717) is 11.6 Å². The van der Waals surface area contributed by atoms with E-state index in [2.05, 4.69) is 35.9 Å². The zero-order valence-electron chi connectivity index (χ0n) is 12.6. The Morgan fingerprint density at radius 3 is 2.64 bits per heavy atom. The number of rotatable bonds is 2. The Kier molecular flexibility index (Phi) is 2.93. The molecule has 0 fully saturated rings. The van der Waals surface area contributed by atoms with Crippen LogP contribution in [0.5, 0.6) is 0 Å². The summed E-state index contributed by atoms with van der Waals surface area (Å²) in [6.45, 7) is 4.34. The summed E-state index contributed by atoms with van der Waals surface area (Å²) in [5.41, 5.74) is 4.67. The summed E-state index contributed by atoms with van der Waals surface area (Å²) in [6.07, 6.45) is 3.70. The molecule has 0 saturated heterocycles. The van der Waals surface area contributed by atoms with E-state index in [0.717, 1.165) is 27.6 Å². The molecule has 4 aromatic rings. The Morgan fingerprint density at radius 1 is 0.955 bits per heavy atom. The van der Waals surface area contributed by atoms with Gasteiger partial charge in [0.25, 0.3) is 0 Å². The standard InChI is InChI=1S/C19H16N2O/c1-12(2)13-10-16-14-6-5-7-15(17-8-3-4-9-20-17)18(14)22-19(16)21-11-13/h3-12H,1-2H3. The van der Waals surface area contributed by atoms with Crippen molar-refractivity contribution in [2.75, 3.05) is 0 Å². The van der Waals surface area contributed by atoms with Gasteiger partial charge in [-0.2, -0.15) is 0 Å². The predicted octanol–water partition coefficient (Wildman–Crippen LogP) is 5.17. The lowest BCUT2D eigenvalue weighted by atomic mass is 10.0. The van der Waals surface area contributed by atoms with Crippen LogP contribution in [0.2, 0.25) is 0 Å². The van der Waals surface area contributed by atoms with E-state index in [1.54, 1.807) is 6.20 Å². The maximum atomic E-state index is 6.02. The molecule has 108 valence electrons. The highest BCUT2D eigenvalue weighted by molar-refractivity contribution is 6.08. The highest BCUT2D eigenvalue weighted by atomic mass is 16.3. The lowest BCUT2D eigenvalue weighted by Crippen LogP contribution is -1.87. The van der Waals surface area contributed by atoms with Crippen molar-refractivity contribution in [2.24, 2.45) is 0 Å². The third-order valence-electron chi connectivity index (χ3n) is 3.98. The molecule has 0 unspecified atom stereocenters. The zero-order chi connectivity index (χ0) is 15.1. The molecule has 0 atom stereocenters. The van der Waals surface area contributed by atoms with Crippen LogP contribution in [0.4, 0.5) is 0 Å². The van der Waals surface area contributed by atoms with Crippen molar-refractivity contribution in [3.63, 3.8) is 0 Å². The molecule has 0 radical (unpaired) electrons. The van der Waals surface area contributed by atoms with E-state index in [1.165, 1.54) is 5.56 Å². The quantitative estimate of drug-likeness (QED) is 0.511. The van der Waals surface area contributed by atoms with Crippen LogP contribution in [0.1, 0.15) is 25.3 Å². The smallest absolute Gasteiger partial charge is 0.227 e. The van der Waals surface area contributed by atoms with Crippen molar-refractivity contribution in [3.05, 3.63) is 60.4 Å². The minimum absolute atomic E-state index is 0.445. The number of para-hydroxylation sites is 1. The van der Waals surface area contributed by atoms with Crippen LogP contribution >= 0.6 is 0 Å². The zero-order valence-corrected chi connectivity index (χ0v) is 12.6. The number of nitrogens with zero attached hydrogens (tertiary/aromatic N) is 2. The van der Waals surface area contributed by atoms with Gasteiger partial charge in [0.05, 0.1) is 5.69 Å². The van der Waals surface area contributed by atoms with Crippen LogP contribution < -0.4 is 0 Å². The molecular weight excluding hydrogens is 272 g/mol. The number of benzene rings is 1.